The van der Waals surface area contributed by atoms with Crippen molar-refractivity contribution in [2.75, 3.05) is 19.4 Å². The number of allylic oxidation sites excluding steroid dienone is 1. The van der Waals surface area contributed by atoms with Crippen LogP contribution in [0.2, 0.25) is 0 Å². The van der Waals surface area contributed by atoms with Crippen molar-refractivity contribution in [1.29, 1.82) is 5.41 Å². The minimum atomic E-state index is 0.408. The summed E-state index contributed by atoms with van der Waals surface area (Å²) in [5.41, 5.74) is 9.36. The molecular formula is C47H37N5. The summed E-state index contributed by atoms with van der Waals surface area (Å²) in [5.74, 6) is 0. The molecule has 250 valence electrons. The highest BCUT2D eigenvalue weighted by atomic mass is 15.4. The zero-order valence-electron chi connectivity index (χ0n) is 29.1. The Hall–Kier alpha value is -6.85. The van der Waals surface area contributed by atoms with Gasteiger partial charge in [0.15, 0.2) is 0 Å². The predicted molar refractivity (Wildman–Crippen MR) is 220 cm³/mol. The van der Waals surface area contributed by atoms with E-state index in [1.165, 1.54) is 21.5 Å². The van der Waals surface area contributed by atoms with E-state index in [1.807, 2.05) is 104 Å². The van der Waals surface area contributed by atoms with Gasteiger partial charge >= 0.3 is 0 Å². The molecule has 0 atom stereocenters. The van der Waals surface area contributed by atoms with Crippen molar-refractivity contribution in [1.82, 2.24) is 9.99 Å². The summed E-state index contributed by atoms with van der Waals surface area (Å²) in [4.78, 5) is 4.62. The Morgan fingerprint density at radius 1 is 0.635 bits per heavy atom. The molecule has 5 heteroatoms. The molecule has 7 aromatic carbocycles. The van der Waals surface area contributed by atoms with Gasteiger partial charge in [0, 0.05) is 43.0 Å². The van der Waals surface area contributed by atoms with Crippen molar-refractivity contribution in [2.24, 2.45) is 5.10 Å². The Morgan fingerprint density at radius 3 is 1.81 bits per heavy atom. The Bertz CT molecular complexity index is 2640. The van der Waals surface area contributed by atoms with Crippen molar-refractivity contribution in [2.45, 2.75) is 0 Å². The molecule has 0 spiro atoms. The number of fused-ring (bicyclic) bond motifs is 3. The van der Waals surface area contributed by atoms with Gasteiger partial charge in [-0.2, -0.15) is 5.10 Å². The second-order valence-corrected chi connectivity index (χ2v) is 12.8. The van der Waals surface area contributed by atoms with Gasteiger partial charge in [-0.3, -0.25) is 9.99 Å². The molecule has 0 amide bonds. The zero-order chi connectivity index (χ0) is 35.4. The molecule has 1 aromatic heterocycles. The van der Waals surface area contributed by atoms with Gasteiger partial charge in [0.05, 0.1) is 23.3 Å². The van der Waals surface area contributed by atoms with Crippen LogP contribution in [0, 0.1) is 5.41 Å². The average molecular weight is 672 g/mol. The van der Waals surface area contributed by atoms with E-state index in [0.717, 1.165) is 61.1 Å². The summed E-state index contributed by atoms with van der Waals surface area (Å²) >= 11 is 0. The lowest BCUT2D eigenvalue weighted by molar-refractivity contribution is 0.520. The predicted octanol–water partition coefficient (Wildman–Crippen LogP) is 11.3. The van der Waals surface area contributed by atoms with E-state index in [4.69, 9.17) is 10.5 Å². The van der Waals surface area contributed by atoms with Crippen LogP contribution in [0.1, 0.15) is 16.7 Å². The highest BCUT2D eigenvalue weighted by molar-refractivity contribution is 6.18. The number of nitrogens with zero attached hydrogens (tertiary/aromatic N) is 3. The fourth-order valence-electron chi connectivity index (χ4n) is 7.04. The maximum absolute atomic E-state index is 8.93. The lowest BCUT2D eigenvalue weighted by atomic mass is 9.85. The number of benzene rings is 7. The average Bonchev–Trinajstić information content (AvgIpc) is 3.21. The summed E-state index contributed by atoms with van der Waals surface area (Å²) < 4.78 is 0. The van der Waals surface area contributed by atoms with Crippen LogP contribution >= 0.6 is 0 Å². The minimum absolute atomic E-state index is 0.408. The largest absolute Gasteiger partial charge is 0.387 e. The van der Waals surface area contributed by atoms with Gasteiger partial charge in [-0.05, 0) is 79.0 Å². The number of hydrazone groups is 1. The van der Waals surface area contributed by atoms with Crippen molar-refractivity contribution in [3.63, 3.8) is 0 Å². The van der Waals surface area contributed by atoms with Crippen molar-refractivity contribution in [3.8, 4) is 22.3 Å². The number of hydrogen-bond acceptors (Lipinski definition) is 5. The summed E-state index contributed by atoms with van der Waals surface area (Å²) in [5, 5.41) is 26.3. The van der Waals surface area contributed by atoms with Crippen molar-refractivity contribution in [3.05, 3.63) is 187 Å². The molecule has 0 aliphatic carbocycles. The van der Waals surface area contributed by atoms with E-state index in [2.05, 4.69) is 101 Å². The van der Waals surface area contributed by atoms with Gasteiger partial charge in [-0.1, -0.05) is 133 Å². The number of hydrogen-bond donors (Lipinski definition) is 2. The van der Waals surface area contributed by atoms with E-state index in [0.29, 0.717) is 5.71 Å². The molecule has 0 saturated carbocycles. The van der Waals surface area contributed by atoms with Crippen LogP contribution in [-0.4, -0.2) is 36.0 Å². The first-order valence-electron chi connectivity index (χ1n) is 17.4. The maximum atomic E-state index is 8.93. The van der Waals surface area contributed by atoms with E-state index in [-0.39, 0.29) is 0 Å². The van der Waals surface area contributed by atoms with Crippen LogP contribution in [0.4, 0.5) is 5.69 Å². The fourth-order valence-corrected chi connectivity index (χ4v) is 7.04. The van der Waals surface area contributed by atoms with Crippen LogP contribution in [-0.2, 0) is 0 Å². The summed E-state index contributed by atoms with van der Waals surface area (Å²) in [6.07, 6.45) is 7.61. The number of anilines is 1. The van der Waals surface area contributed by atoms with Crippen LogP contribution in [0.3, 0.4) is 0 Å². The monoisotopic (exact) mass is 671 g/mol. The molecule has 2 N–H and O–H groups in total. The second kappa shape index (κ2) is 14.2. The Kier molecular flexibility index (Phi) is 8.82. The molecule has 0 fully saturated rings. The summed E-state index contributed by atoms with van der Waals surface area (Å²) in [7, 11) is 3.91. The number of nitrogens with one attached hydrogen (secondary N) is 2. The van der Waals surface area contributed by atoms with Crippen molar-refractivity contribution < 1.29 is 0 Å². The van der Waals surface area contributed by atoms with E-state index in [9.17, 15) is 0 Å². The Morgan fingerprint density at radius 2 is 1.19 bits per heavy atom. The van der Waals surface area contributed by atoms with E-state index >= 15 is 0 Å². The van der Waals surface area contributed by atoms with Crippen LogP contribution in [0.5, 0.6) is 0 Å². The topological polar surface area (TPSA) is 64.4 Å². The quantitative estimate of drug-likeness (QED) is 0.119. The first kappa shape index (κ1) is 32.4. The van der Waals surface area contributed by atoms with Gasteiger partial charge in [0.2, 0.25) is 0 Å². The first-order chi connectivity index (χ1) is 25.6. The minimum Gasteiger partial charge on any atom is -0.387 e. The summed E-state index contributed by atoms with van der Waals surface area (Å²) in [6.45, 7) is 0. The standard InChI is InChI=1S/C47H37N5/c1-49-47-42(31-51-52(2)44(35-17-7-4-8-18-35)29-43(48)34-15-5-3-6-16-34)41-30-50-26-25-40(41)45(38-23-21-32-13-9-11-19-36(32)27-38)46(47)39-24-22-33-14-10-12-20-37(33)28-39/h3-31,48-49H,1-2H3/b44-29-,48-43?,51-31-. The molecule has 0 radical (unpaired) electrons. The third-order valence-corrected chi connectivity index (χ3v) is 9.62. The molecule has 0 bridgehead atoms. The SMILES string of the molecule is CNc1c(-c2ccc3ccccc3c2)c(-c2ccc3ccccc3c2)c2ccncc2c1/C=N\N(C)/C(=C\C(=N)c1ccccc1)c1ccccc1. The van der Waals surface area contributed by atoms with Gasteiger partial charge < -0.3 is 10.7 Å². The van der Waals surface area contributed by atoms with E-state index < -0.39 is 0 Å². The van der Waals surface area contributed by atoms with E-state index in [1.54, 1.807) is 0 Å². The lowest BCUT2D eigenvalue weighted by Gasteiger charge is -2.23. The summed E-state index contributed by atoms with van der Waals surface area (Å²) in [6, 6.07) is 52.4. The molecule has 0 saturated heterocycles. The van der Waals surface area contributed by atoms with Gasteiger partial charge in [0.25, 0.3) is 0 Å². The van der Waals surface area contributed by atoms with Crippen molar-refractivity contribution >= 4 is 55.6 Å². The Balaban J connectivity index is 1.35. The van der Waals surface area contributed by atoms with Crippen LogP contribution < -0.4 is 5.32 Å². The normalized spacial score (nSPS) is 11.8. The third-order valence-electron chi connectivity index (χ3n) is 9.62. The van der Waals surface area contributed by atoms with Gasteiger partial charge in [-0.25, -0.2) is 0 Å². The highest BCUT2D eigenvalue weighted by Gasteiger charge is 2.22. The molecular weight excluding hydrogens is 635 g/mol. The van der Waals surface area contributed by atoms with Crippen LogP contribution in [0.15, 0.2) is 175 Å². The Labute approximate surface area is 303 Å². The number of pyridine rings is 1. The molecule has 1 heterocycles. The first-order valence-corrected chi connectivity index (χ1v) is 17.4. The highest BCUT2D eigenvalue weighted by Crippen LogP contribution is 2.46. The second-order valence-electron chi connectivity index (χ2n) is 12.8. The zero-order valence-corrected chi connectivity index (χ0v) is 29.1. The molecule has 0 aliphatic rings. The molecule has 8 aromatic rings. The fraction of sp³-hybridized carbons (Fsp3) is 0.0426. The molecule has 5 nitrogen and oxygen atoms in total. The van der Waals surface area contributed by atoms with Gasteiger partial charge in [0.1, 0.15) is 0 Å². The number of aromatic nitrogens is 1. The van der Waals surface area contributed by atoms with Crippen LogP contribution in [0.25, 0.3) is 60.3 Å². The van der Waals surface area contributed by atoms with Gasteiger partial charge in [-0.15, -0.1) is 0 Å². The maximum Gasteiger partial charge on any atom is 0.0684 e. The number of rotatable bonds is 9. The molecule has 0 aliphatic heterocycles. The third kappa shape index (κ3) is 6.21. The molecule has 0 unspecified atom stereocenters. The lowest BCUT2D eigenvalue weighted by Crippen LogP contribution is -2.13. The molecule has 52 heavy (non-hydrogen) atoms. The molecule has 8 rings (SSSR count). The smallest absolute Gasteiger partial charge is 0.0684 e.